The molecule has 1 aliphatic heterocycles. The highest BCUT2D eigenvalue weighted by Gasteiger charge is 2.31. The average Bonchev–Trinajstić information content (AvgIpc) is 2.86. The number of carbonyl (C=O) groups excluding carboxylic acids is 1. The molecule has 76 valence electrons. The molecule has 0 aromatic carbocycles. The quantitative estimate of drug-likeness (QED) is 0.637. The number of nitrogens with zero attached hydrogens (tertiary/aromatic N) is 3. The van der Waals surface area contributed by atoms with E-state index >= 15 is 0 Å². The van der Waals surface area contributed by atoms with Crippen molar-refractivity contribution in [2.75, 3.05) is 13.7 Å². The van der Waals surface area contributed by atoms with Crippen molar-refractivity contribution in [2.24, 2.45) is 0 Å². The normalized spacial score (nSPS) is 26.4. The van der Waals surface area contributed by atoms with E-state index in [-0.39, 0.29) is 18.1 Å². The van der Waals surface area contributed by atoms with Crippen molar-refractivity contribution in [3.63, 3.8) is 0 Å². The van der Waals surface area contributed by atoms with E-state index in [9.17, 15) is 4.79 Å². The number of carbonyl (C=O) groups is 1. The molecule has 14 heavy (non-hydrogen) atoms. The first-order chi connectivity index (χ1) is 6.81. The van der Waals surface area contributed by atoms with Gasteiger partial charge in [0.25, 0.3) is 0 Å². The van der Waals surface area contributed by atoms with Crippen molar-refractivity contribution < 1.29 is 9.53 Å². The van der Waals surface area contributed by atoms with Crippen LogP contribution < -0.4 is 5.32 Å². The van der Waals surface area contributed by atoms with Gasteiger partial charge < -0.3 is 10.1 Å². The summed E-state index contributed by atoms with van der Waals surface area (Å²) in [5, 5.41) is 10.7. The molecule has 0 aliphatic carbocycles. The van der Waals surface area contributed by atoms with Crippen LogP contribution in [0.1, 0.15) is 12.5 Å². The molecule has 0 unspecified atom stereocenters. The summed E-state index contributed by atoms with van der Waals surface area (Å²) < 4.78 is 6.41. The van der Waals surface area contributed by atoms with Crippen LogP contribution in [0.25, 0.3) is 0 Å². The Labute approximate surface area is 81.2 Å². The zero-order valence-corrected chi connectivity index (χ0v) is 7.88. The maximum absolute atomic E-state index is 11.2. The Balaban J connectivity index is 1.98. The van der Waals surface area contributed by atoms with Gasteiger partial charge >= 0.3 is 5.97 Å². The Morgan fingerprint density at radius 2 is 2.57 bits per heavy atom. The Morgan fingerprint density at radius 1 is 1.71 bits per heavy atom. The summed E-state index contributed by atoms with van der Waals surface area (Å²) in [6, 6.07) is -0.0178. The van der Waals surface area contributed by atoms with Crippen molar-refractivity contribution in [3.8, 4) is 0 Å². The highest BCUT2D eigenvalue weighted by atomic mass is 16.5. The maximum atomic E-state index is 11.2. The summed E-state index contributed by atoms with van der Waals surface area (Å²) in [6.45, 7) is 0.725. The number of hydrogen-bond acceptors (Lipinski definition) is 5. The Morgan fingerprint density at radius 3 is 3.21 bits per heavy atom. The van der Waals surface area contributed by atoms with Gasteiger partial charge in [-0.15, -0.1) is 5.10 Å². The first kappa shape index (κ1) is 9.14. The summed E-state index contributed by atoms with van der Waals surface area (Å²) in [6.07, 6.45) is 4.13. The fourth-order valence-corrected chi connectivity index (χ4v) is 1.65. The molecule has 0 bridgehead atoms. The average molecular weight is 196 g/mol. The fourth-order valence-electron chi connectivity index (χ4n) is 1.65. The minimum absolute atomic E-state index is 0.196. The highest BCUT2D eigenvalue weighted by molar-refractivity contribution is 5.76. The largest absolute Gasteiger partial charge is 0.468 e. The molecule has 0 amide bonds. The second-order valence-corrected chi connectivity index (χ2v) is 3.26. The molecule has 0 radical (unpaired) electrons. The lowest BCUT2D eigenvalue weighted by Gasteiger charge is -2.08. The molecule has 1 N–H and O–H groups in total. The van der Waals surface area contributed by atoms with E-state index < -0.39 is 0 Å². The Bertz CT molecular complexity index is 311. The third kappa shape index (κ3) is 1.60. The van der Waals surface area contributed by atoms with Crippen LogP contribution in [0, 0.1) is 0 Å². The summed E-state index contributed by atoms with van der Waals surface area (Å²) in [4.78, 5) is 11.2. The van der Waals surface area contributed by atoms with E-state index in [2.05, 4.69) is 20.4 Å². The molecular weight excluding hydrogens is 184 g/mol. The molecule has 1 aromatic rings. The van der Waals surface area contributed by atoms with Crippen LogP contribution in [0.4, 0.5) is 0 Å². The summed E-state index contributed by atoms with van der Waals surface area (Å²) >= 11 is 0. The van der Waals surface area contributed by atoms with Crippen molar-refractivity contribution >= 4 is 5.97 Å². The predicted molar refractivity (Wildman–Crippen MR) is 47.5 cm³/mol. The molecule has 1 aliphatic rings. The van der Waals surface area contributed by atoms with Crippen LogP contribution >= 0.6 is 0 Å². The lowest BCUT2D eigenvalue weighted by molar-refractivity contribution is -0.142. The third-order valence-electron chi connectivity index (χ3n) is 2.41. The molecule has 2 rings (SSSR count). The second-order valence-electron chi connectivity index (χ2n) is 3.26. The van der Waals surface area contributed by atoms with E-state index in [1.165, 1.54) is 7.11 Å². The van der Waals surface area contributed by atoms with Crippen molar-refractivity contribution in [1.82, 2.24) is 20.3 Å². The first-order valence-electron chi connectivity index (χ1n) is 4.48. The number of ether oxygens (including phenoxy) is 1. The topological polar surface area (TPSA) is 69.0 Å². The van der Waals surface area contributed by atoms with E-state index in [4.69, 9.17) is 0 Å². The predicted octanol–water partition coefficient (Wildman–Crippen LogP) is -0.646. The summed E-state index contributed by atoms with van der Waals surface area (Å²) in [7, 11) is 1.40. The van der Waals surface area contributed by atoms with Gasteiger partial charge in [0, 0.05) is 12.7 Å². The minimum atomic E-state index is -0.215. The number of rotatable bonds is 2. The van der Waals surface area contributed by atoms with Gasteiger partial charge in [-0.3, -0.25) is 4.79 Å². The van der Waals surface area contributed by atoms with Crippen LogP contribution in [-0.4, -0.2) is 40.7 Å². The van der Waals surface area contributed by atoms with Crippen LogP contribution in [0.3, 0.4) is 0 Å². The van der Waals surface area contributed by atoms with Gasteiger partial charge in [-0.05, 0) is 6.42 Å². The van der Waals surface area contributed by atoms with Crippen LogP contribution in [0.5, 0.6) is 0 Å². The SMILES string of the molecule is COC(=O)[C@H]1C[C@H](n2ccnn2)CN1. The first-order valence-corrected chi connectivity index (χ1v) is 4.48. The number of hydrogen-bond donors (Lipinski definition) is 1. The van der Waals surface area contributed by atoms with Gasteiger partial charge in [0.05, 0.1) is 19.3 Å². The van der Waals surface area contributed by atoms with Gasteiger partial charge in [0.2, 0.25) is 0 Å². The van der Waals surface area contributed by atoms with Gasteiger partial charge in [0.15, 0.2) is 0 Å². The molecule has 1 fully saturated rings. The van der Waals surface area contributed by atoms with E-state index in [0.29, 0.717) is 6.42 Å². The van der Waals surface area contributed by atoms with E-state index in [1.54, 1.807) is 17.1 Å². The summed E-state index contributed by atoms with van der Waals surface area (Å²) in [5.74, 6) is -0.215. The highest BCUT2D eigenvalue weighted by Crippen LogP contribution is 2.18. The molecule has 6 nitrogen and oxygen atoms in total. The van der Waals surface area contributed by atoms with Crippen LogP contribution in [-0.2, 0) is 9.53 Å². The Kier molecular flexibility index (Phi) is 2.45. The molecule has 2 atom stereocenters. The lowest BCUT2D eigenvalue weighted by atomic mass is 10.2. The smallest absolute Gasteiger partial charge is 0.322 e. The standard InChI is InChI=1S/C8H12N4O2/c1-14-8(13)7-4-6(5-9-7)12-3-2-10-11-12/h2-3,6-7,9H,4-5H2,1H3/t6-,7+/m0/s1. The van der Waals surface area contributed by atoms with Crippen molar-refractivity contribution in [3.05, 3.63) is 12.4 Å². The van der Waals surface area contributed by atoms with Crippen LogP contribution in [0.15, 0.2) is 12.4 Å². The zero-order chi connectivity index (χ0) is 9.97. The van der Waals surface area contributed by atoms with Crippen molar-refractivity contribution in [1.29, 1.82) is 0 Å². The third-order valence-corrected chi connectivity index (χ3v) is 2.41. The second kappa shape index (κ2) is 3.75. The number of esters is 1. The molecule has 2 heterocycles. The summed E-state index contributed by atoms with van der Waals surface area (Å²) in [5.41, 5.74) is 0. The molecule has 1 aromatic heterocycles. The maximum Gasteiger partial charge on any atom is 0.322 e. The lowest BCUT2D eigenvalue weighted by Crippen LogP contribution is -2.31. The number of methoxy groups -OCH3 is 1. The van der Waals surface area contributed by atoms with Crippen LogP contribution in [0.2, 0.25) is 0 Å². The molecule has 1 saturated heterocycles. The van der Waals surface area contributed by atoms with Crippen molar-refractivity contribution in [2.45, 2.75) is 18.5 Å². The monoisotopic (exact) mass is 196 g/mol. The molecule has 6 heteroatoms. The molecular formula is C8H12N4O2. The fraction of sp³-hybridized carbons (Fsp3) is 0.625. The Hall–Kier alpha value is -1.43. The number of nitrogens with one attached hydrogen (secondary N) is 1. The molecule has 0 spiro atoms. The van der Waals surface area contributed by atoms with Gasteiger partial charge in [0.1, 0.15) is 6.04 Å². The van der Waals surface area contributed by atoms with E-state index in [0.717, 1.165) is 6.54 Å². The zero-order valence-electron chi connectivity index (χ0n) is 7.88. The van der Waals surface area contributed by atoms with Gasteiger partial charge in [-0.2, -0.15) is 0 Å². The van der Waals surface area contributed by atoms with Gasteiger partial charge in [-0.25, -0.2) is 4.68 Å². The number of aromatic nitrogens is 3. The minimum Gasteiger partial charge on any atom is -0.468 e. The van der Waals surface area contributed by atoms with E-state index in [1.807, 2.05) is 0 Å². The molecule has 0 saturated carbocycles. The van der Waals surface area contributed by atoms with Gasteiger partial charge in [-0.1, -0.05) is 5.21 Å².